The van der Waals surface area contributed by atoms with Crippen LogP contribution in [0.15, 0.2) is 65.3 Å². The Kier molecular flexibility index (Phi) is 5.21. The van der Waals surface area contributed by atoms with E-state index < -0.39 is 4.92 Å². The molecule has 0 aromatic heterocycles. The van der Waals surface area contributed by atoms with Crippen molar-refractivity contribution in [2.75, 3.05) is 11.4 Å². The topological polar surface area (TPSA) is 88.2 Å². The summed E-state index contributed by atoms with van der Waals surface area (Å²) in [6.45, 7) is 5.92. The van der Waals surface area contributed by atoms with E-state index >= 15 is 0 Å². The van der Waals surface area contributed by atoms with Crippen LogP contribution < -0.4 is 4.90 Å². The van der Waals surface area contributed by atoms with Crippen molar-refractivity contribution >= 4 is 29.2 Å². The summed E-state index contributed by atoms with van der Waals surface area (Å²) in [5, 5.41) is 19.2. The predicted octanol–water partition coefficient (Wildman–Crippen LogP) is 3.51. The lowest BCUT2D eigenvalue weighted by atomic mass is 10.1. The molecule has 2 aromatic rings. The number of carbonyl (C=O) groups is 1. The van der Waals surface area contributed by atoms with Gasteiger partial charge in [-0.2, -0.15) is 5.10 Å². The Morgan fingerprint density at radius 3 is 2.74 bits per heavy atom. The minimum Gasteiger partial charge on any atom is -0.302 e. The molecule has 27 heavy (non-hydrogen) atoms. The number of hydrogen-bond acceptors (Lipinski definition) is 5. The molecule has 0 fully saturated rings. The molecule has 1 aliphatic heterocycles. The van der Waals surface area contributed by atoms with E-state index in [1.807, 2.05) is 31.2 Å². The molecule has 0 aliphatic carbocycles. The average molecular weight is 362 g/mol. The first-order valence-electron chi connectivity index (χ1n) is 8.47. The third-order valence-electron chi connectivity index (χ3n) is 4.26. The number of hydrogen-bond donors (Lipinski definition) is 0. The number of nitrogens with zero attached hydrogens (tertiary/aromatic N) is 4. The molecule has 1 aliphatic rings. The highest BCUT2D eigenvalue weighted by molar-refractivity contribution is 6.54. The predicted molar refractivity (Wildman–Crippen MR) is 106 cm³/mol. The minimum atomic E-state index is -0.411. The first-order valence-corrected chi connectivity index (χ1v) is 8.47. The van der Waals surface area contributed by atoms with Crippen molar-refractivity contribution in [2.45, 2.75) is 13.3 Å². The number of anilines is 1. The van der Waals surface area contributed by atoms with Crippen LogP contribution in [0.25, 0.3) is 0 Å². The van der Waals surface area contributed by atoms with Crippen LogP contribution in [0.3, 0.4) is 0 Å². The summed E-state index contributed by atoms with van der Waals surface area (Å²) in [6.07, 6.45) is 3.63. The Labute approximate surface area is 156 Å². The molecular weight excluding hydrogens is 344 g/mol. The molecule has 1 amide bonds. The van der Waals surface area contributed by atoms with Crippen molar-refractivity contribution in [3.8, 4) is 0 Å². The molecule has 0 spiro atoms. The SMILES string of the molecule is C=CCN1C(=O)/C(=N\N=C/c2ccc(CC)c([N+](=O)[O-])c2)c2ccccc21. The fourth-order valence-electron chi connectivity index (χ4n) is 2.95. The van der Waals surface area contributed by atoms with Gasteiger partial charge in [0.05, 0.1) is 16.8 Å². The molecule has 0 N–H and O–H groups in total. The van der Waals surface area contributed by atoms with Gasteiger partial charge in [-0.15, -0.1) is 11.7 Å². The Morgan fingerprint density at radius 1 is 1.26 bits per heavy atom. The van der Waals surface area contributed by atoms with Gasteiger partial charge in [0.1, 0.15) is 0 Å². The van der Waals surface area contributed by atoms with Crippen molar-refractivity contribution in [3.63, 3.8) is 0 Å². The lowest BCUT2D eigenvalue weighted by Gasteiger charge is -2.13. The molecule has 0 unspecified atom stereocenters. The standard InChI is InChI=1S/C20H18N4O3/c1-3-11-23-17-8-6-5-7-16(17)19(20(23)25)22-21-13-14-9-10-15(4-2)18(12-14)24(26)27/h3,5-10,12-13H,1,4,11H2,2H3/b21-13-,22-19-. The third-order valence-corrected chi connectivity index (χ3v) is 4.26. The monoisotopic (exact) mass is 362 g/mol. The number of aryl methyl sites for hydroxylation is 1. The summed E-state index contributed by atoms with van der Waals surface area (Å²) in [6, 6.07) is 12.2. The van der Waals surface area contributed by atoms with Gasteiger partial charge in [-0.3, -0.25) is 14.9 Å². The molecule has 0 saturated heterocycles. The number of para-hydroxylation sites is 1. The quantitative estimate of drug-likeness (QED) is 0.341. The molecule has 2 aromatic carbocycles. The van der Waals surface area contributed by atoms with Crippen LogP contribution >= 0.6 is 0 Å². The van der Waals surface area contributed by atoms with Crippen LogP contribution in [0, 0.1) is 10.1 Å². The summed E-state index contributed by atoms with van der Waals surface area (Å²) in [4.78, 5) is 24.9. The van der Waals surface area contributed by atoms with Crippen LogP contribution in [-0.2, 0) is 11.2 Å². The van der Waals surface area contributed by atoms with Gasteiger partial charge >= 0.3 is 0 Å². The van der Waals surface area contributed by atoms with Crippen molar-refractivity contribution < 1.29 is 9.72 Å². The summed E-state index contributed by atoms with van der Waals surface area (Å²) in [7, 11) is 0. The van der Waals surface area contributed by atoms with E-state index in [1.54, 1.807) is 23.1 Å². The van der Waals surface area contributed by atoms with Crippen molar-refractivity contribution in [2.24, 2.45) is 10.2 Å². The maximum absolute atomic E-state index is 12.6. The highest BCUT2D eigenvalue weighted by Gasteiger charge is 2.32. The van der Waals surface area contributed by atoms with E-state index in [2.05, 4.69) is 16.8 Å². The molecule has 0 bridgehead atoms. The lowest BCUT2D eigenvalue weighted by molar-refractivity contribution is -0.385. The normalized spacial score (nSPS) is 14.8. The molecule has 7 heteroatoms. The molecule has 0 atom stereocenters. The van der Waals surface area contributed by atoms with Gasteiger partial charge in [-0.05, 0) is 12.5 Å². The number of benzene rings is 2. The van der Waals surface area contributed by atoms with Crippen LogP contribution in [0.1, 0.15) is 23.6 Å². The fourth-order valence-corrected chi connectivity index (χ4v) is 2.95. The number of nitro groups is 1. The van der Waals surface area contributed by atoms with E-state index in [1.165, 1.54) is 12.3 Å². The zero-order valence-electron chi connectivity index (χ0n) is 14.8. The largest absolute Gasteiger partial charge is 0.302 e. The molecule has 3 rings (SSSR count). The number of nitro benzene ring substituents is 1. The summed E-state index contributed by atoms with van der Waals surface area (Å²) in [5.74, 6) is -0.249. The second kappa shape index (κ2) is 7.74. The van der Waals surface area contributed by atoms with Crippen molar-refractivity contribution in [3.05, 3.63) is 81.9 Å². The smallest absolute Gasteiger partial charge is 0.279 e. The zero-order valence-corrected chi connectivity index (χ0v) is 14.8. The number of amides is 1. The molecule has 136 valence electrons. The molecule has 7 nitrogen and oxygen atoms in total. The Hall–Kier alpha value is -3.61. The number of fused-ring (bicyclic) bond motifs is 1. The van der Waals surface area contributed by atoms with Crippen LogP contribution in [-0.4, -0.2) is 29.3 Å². The van der Waals surface area contributed by atoms with Gasteiger partial charge in [0.2, 0.25) is 0 Å². The Morgan fingerprint density at radius 2 is 2.04 bits per heavy atom. The molecule has 0 radical (unpaired) electrons. The second-order valence-electron chi connectivity index (χ2n) is 5.91. The Balaban J connectivity index is 1.92. The van der Waals surface area contributed by atoms with Crippen molar-refractivity contribution in [1.82, 2.24) is 0 Å². The van der Waals surface area contributed by atoms with E-state index in [9.17, 15) is 14.9 Å². The van der Waals surface area contributed by atoms with E-state index in [0.29, 0.717) is 29.7 Å². The summed E-state index contributed by atoms with van der Waals surface area (Å²) < 4.78 is 0. The van der Waals surface area contributed by atoms with Crippen LogP contribution in [0.4, 0.5) is 11.4 Å². The second-order valence-corrected chi connectivity index (χ2v) is 5.91. The Bertz CT molecular complexity index is 979. The molecule has 1 heterocycles. The maximum atomic E-state index is 12.6. The van der Waals surface area contributed by atoms with E-state index in [-0.39, 0.29) is 17.3 Å². The van der Waals surface area contributed by atoms with Crippen LogP contribution in [0.2, 0.25) is 0 Å². The zero-order chi connectivity index (χ0) is 19.4. The minimum absolute atomic E-state index is 0.0496. The summed E-state index contributed by atoms with van der Waals surface area (Å²) in [5.41, 5.74) is 2.96. The van der Waals surface area contributed by atoms with Crippen LogP contribution in [0.5, 0.6) is 0 Å². The van der Waals surface area contributed by atoms with E-state index in [0.717, 1.165) is 5.69 Å². The highest BCUT2D eigenvalue weighted by Crippen LogP contribution is 2.29. The van der Waals surface area contributed by atoms with E-state index in [4.69, 9.17) is 0 Å². The third kappa shape index (κ3) is 3.52. The first-order chi connectivity index (χ1) is 13.1. The van der Waals surface area contributed by atoms with Gasteiger partial charge in [-0.1, -0.05) is 43.3 Å². The van der Waals surface area contributed by atoms with Gasteiger partial charge < -0.3 is 4.90 Å². The van der Waals surface area contributed by atoms with Crippen molar-refractivity contribution in [1.29, 1.82) is 0 Å². The molecular formula is C20H18N4O3. The van der Waals surface area contributed by atoms with Gasteiger partial charge in [-0.25, -0.2) is 0 Å². The first kappa shape index (κ1) is 18.2. The van der Waals surface area contributed by atoms with Gasteiger partial charge in [0, 0.05) is 29.3 Å². The maximum Gasteiger partial charge on any atom is 0.279 e. The van der Waals surface area contributed by atoms with Gasteiger partial charge in [0.25, 0.3) is 11.6 Å². The number of carbonyl (C=O) groups excluding carboxylic acids is 1. The summed E-state index contributed by atoms with van der Waals surface area (Å²) >= 11 is 0. The highest BCUT2D eigenvalue weighted by atomic mass is 16.6. The lowest BCUT2D eigenvalue weighted by Crippen LogP contribution is -2.30. The molecule has 0 saturated carbocycles. The fraction of sp³-hybridized carbons (Fsp3) is 0.150. The number of rotatable bonds is 6. The van der Waals surface area contributed by atoms with Gasteiger partial charge in [0.15, 0.2) is 5.71 Å². The average Bonchev–Trinajstić information content (AvgIpc) is 2.94.